The van der Waals surface area contributed by atoms with Crippen molar-refractivity contribution in [2.45, 2.75) is 25.0 Å². The minimum atomic E-state index is 0.164. The summed E-state index contributed by atoms with van der Waals surface area (Å²) < 4.78 is 7.84. The van der Waals surface area contributed by atoms with Crippen molar-refractivity contribution in [1.82, 2.24) is 15.1 Å². The van der Waals surface area contributed by atoms with Crippen molar-refractivity contribution in [1.29, 1.82) is 0 Å². The Bertz CT molecular complexity index is 579. The third-order valence-corrected chi connectivity index (χ3v) is 4.02. The number of ether oxygens (including phenoxy) is 1. The molecule has 0 radical (unpaired) electrons. The Morgan fingerprint density at radius 1 is 1.45 bits per heavy atom. The number of hydrogen-bond acceptors (Lipinski definition) is 3. The first kappa shape index (κ1) is 13.3. The molecular weight excluding hydrogens is 250 g/mol. The molecule has 4 nitrogen and oxygen atoms in total. The molecule has 3 rings (SSSR count). The van der Waals surface area contributed by atoms with Crippen molar-refractivity contribution in [2.75, 3.05) is 13.7 Å². The molecule has 1 aliphatic heterocycles. The Hall–Kier alpha value is -1.65. The van der Waals surface area contributed by atoms with E-state index in [0.29, 0.717) is 0 Å². The van der Waals surface area contributed by atoms with Gasteiger partial charge in [-0.3, -0.25) is 4.68 Å². The van der Waals surface area contributed by atoms with Crippen LogP contribution in [0.1, 0.15) is 35.3 Å². The number of nitrogens with zero attached hydrogens (tertiary/aromatic N) is 2. The van der Waals surface area contributed by atoms with E-state index in [1.165, 1.54) is 16.7 Å². The van der Waals surface area contributed by atoms with Crippen LogP contribution in [0.3, 0.4) is 0 Å². The topological polar surface area (TPSA) is 39.1 Å². The van der Waals surface area contributed by atoms with Crippen LogP contribution in [-0.4, -0.2) is 23.4 Å². The van der Waals surface area contributed by atoms with Crippen LogP contribution in [-0.2, 0) is 18.2 Å². The van der Waals surface area contributed by atoms with Crippen LogP contribution in [0.5, 0.6) is 0 Å². The van der Waals surface area contributed by atoms with Crippen LogP contribution in [0.25, 0.3) is 0 Å². The van der Waals surface area contributed by atoms with Crippen LogP contribution < -0.4 is 5.32 Å². The molecule has 2 heterocycles. The van der Waals surface area contributed by atoms with Crippen LogP contribution >= 0.6 is 0 Å². The first-order valence-electron chi connectivity index (χ1n) is 7.13. The second-order valence-corrected chi connectivity index (χ2v) is 5.33. The number of benzene rings is 1. The van der Waals surface area contributed by atoms with Gasteiger partial charge in [0.05, 0.1) is 18.9 Å². The van der Waals surface area contributed by atoms with Gasteiger partial charge in [0.25, 0.3) is 0 Å². The average molecular weight is 271 g/mol. The van der Waals surface area contributed by atoms with Gasteiger partial charge in [0.1, 0.15) is 0 Å². The number of nitrogens with one attached hydrogen (secondary N) is 1. The highest BCUT2D eigenvalue weighted by Crippen LogP contribution is 2.34. The molecule has 2 aromatic rings. The van der Waals surface area contributed by atoms with Crippen molar-refractivity contribution in [3.8, 4) is 0 Å². The Kier molecular flexibility index (Phi) is 3.85. The van der Waals surface area contributed by atoms with E-state index in [1.54, 1.807) is 0 Å². The van der Waals surface area contributed by atoms with Crippen molar-refractivity contribution >= 4 is 0 Å². The van der Waals surface area contributed by atoms with Crippen LogP contribution in [0, 0.1) is 0 Å². The Balaban J connectivity index is 1.80. The Labute approximate surface area is 119 Å². The predicted octanol–water partition coefficient (Wildman–Crippen LogP) is 2.38. The first-order chi connectivity index (χ1) is 9.78. The van der Waals surface area contributed by atoms with Crippen LogP contribution in [0.2, 0.25) is 0 Å². The molecule has 1 aromatic heterocycles. The van der Waals surface area contributed by atoms with E-state index in [1.807, 2.05) is 25.0 Å². The van der Waals surface area contributed by atoms with Gasteiger partial charge in [-0.1, -0.05) is 24.3 Å². The second-order valence-electron chi connectivity index (χ2n) is 5.33. The fourth-order valence-corrected chi connectivity index (χ4v) is 2.93. The molecule has 2 unspecified atom stereocenters. The molecule has 1 N–H and O–H groups in total. The van der Waals surface area contributed by atoms with Gasteiger partial charge in [0.2, 0.25) is 0 Å². The lowest BCUT2D eigenvalue weighted by atomic mass is 9.92. The van der Waals surface area contributed by atoms with E-state index < -0.39 is 0 Å². The quantitative estimate of drug-likeness (QED) is 0.928. The van der Waals surface area contributed by atoms with Crippen molar-refractivity contribution in [3.63, 3.8) is 0 Å². The molecule has 0 aliphatic carbocycles. The van der Waals surface area contributed by atoms with E-state index in [0.717, 1.165) is 19.4 Å². The second kappa shape index (κ2) is 5.77. The lowest BCUT2D eigenvalue weighted by molar-refractivity contribution is 0.0298. The molecule has 0 saturated carbocycles. The lowest BCUT2D eigenvalue weighted by Crippen LogP contribution is -2.23. The zero-order valence-corrected chi connectivity index (χ0v) is 12.0. The zero-order chi connectivity index (χ0) is 13.9. The van der Waals surface area contributed by atoms with E-state index in [9.17, 15) is 0 Å². The fraction of sp³-hybridized carbons (Fsp3) is 0.438. The summed E-state index contributed by atoms with van der Waals surface area (Å²) >= 11 is 0. The van der Waals surface area contributed by atoms with Gasteiger partial charge >= 0.3 is 0 Å². The SMILES string of the molecule is CNC(CC1OCCc2ccccc21)c1cnn(C)c1. The van der Waals surface area contributed by atoms with Gasteiger partial charge in [0.15, 0.2) is 0 Å². The molecule has 1 aromatic carbocycles. The third kappa shape index (κ3) is 2.62. The number of fused-ring (bicyclic) bond motifs is 1. The smallest absolute Gasteiger partial charge is 0.0845 e. The number of aromatic nitrogens is 2. The van der Waals surface area contributed by atoms with Crippen LogP contribution in [0.4, 0.5) is 0 Å². The summed E-state index contributed by atoms with van der Waals surface area (Å²) in [6.45, 7) is 0.811. The standard InChI is InChI=1S/C16H21N3O/c1-17-15(13-10-18-19(2)11-13)9-16-14-6-4-3-5-12(14)7-8-20-16/h3-6,10-11,15-17H,7-9H2,1-2H3. The largest absolute Gasteiger partial charge is 0.373 e. The van der Waals surface area contributed by atoms with Gasteiger partial charge in [-0.25, -0.2) is 0 Å². The molecule has 0 spiro atoms. The summed E-state index contributed by atoms with van der Waals surface area (Å²) in [5.41, 5.74) is 3.97. The minimum Gasteiger partial charge on any atom is -0.373 e. The van der Waals surface area contributed by atoms with Crippen LogP contribution in [0.15, 0.2) is 36.7 Å². The van der Waals surface area contributed by atoms with E-state index >= 15 is 0 Å². The highest BCUT2D eigenvalue weighted by atomic mass is 16.5. The third-order valence-electron chi connectivity index (χ3n) is 4.02. The Morgan fingerprint density at radius 2 is 2.30 bits per heavy atom. The van der Waals surface area contributed by atoms with Gasteiger partial charge in [-0.2, -0.15) is 5.10 Å². The highest BCUT2D eigenvalue weighted by Gasteiger charge is 2.24. The first-order valence-corrected chi connectivity index (χ1v) is 7.13. The van der Waals surface area contributed by atoms with Crippen molar-refractivity contribution < 1.29 is 4.74 Å². The number of hydrogen-bond donors (Lipinski definition) is 1. The molecule has 2 atom stereocenters. The highest BCUT2D eigenvalue weighted by molar-refractivity contribution is 5.31. The monoisotopic (exact) mass is 271 g/mol. The molecule has 0 amide bonds. The normalized spacial score (nSPS) is 19.6. The predicted molar refractivity (Wildman–Crippen MR) is 78.5 cm³/mol. The summed E-state index contributed by atoms with van der Waals surface area (Å²) in [4.78, 5) is 0. The van der Waals surface area contributed by atoms with E-state index in [4.69, 9.17) is 4.74 Å². The molecule has 0 fully saturated rings. The average Bonchev–Trinajstić information content (AvgIpc) is 2.91. The van der Waals surface area contributed by atoms with E-state index in [-0.39, 0.29) is 12.1 Å². The summed E-state index contributed by atoms with van der Waals surface area (Å²) in [7, 11) is 3.94. The summed E-state index contributed by atoms with van der Waals surface area (Å²) in [6.07, 6.45) is 6.10. The molecule has 20 heavy (non-hydrogen) atoms. The van der Waals surface area contributed by atoms with Gasteiger partial charge in [-0.05, 0) is 31.0 Å². The van der Waals surface area contributed by atoms with Crippen molar-refractivity contribution in [3.05, 3.63) is 53.3 Å². The molecular formula is C16H21N3O. The summed E-state index contributed by atoms with van der Waals surface area (Å²) in [6, 6.07) is 8.87. The molecule has 0 saturated heterocycles. The molecule has 106 valence electrons. The Morgan fingerprint density at radius 3 is 3.05 bits per heavy atom. The summed E-state index contributed by atoms with van der Waals surface area (Å²) in [5, 5.41) is 7.64. The minimum absolute atomic E-state index is 0.164. The maximum absolute atomic E-state index is 6.00. The lowest BCUT2D eigenvalue weighted by Gasteiger charge is -2.29. The number of rotatable bonds is 4. The van der Waals surface area contributed by atoms with Crippen molar-refractivity contribution in [2.24, 2.45) is 7.05 Å². The maximum Gasteiger partial charge on any atom is 0.0845 e. The molecule has 4 heteroatoms. The van der Waals surface area contributed by atoms with Gasteiger partial charge in [0, 0.05) is 24.8 Å². The summed E-state index contributed by atoms with van der Waals surface area (Å²) in [5.74, 6) is 0. The maximum atomic E-state index is 6.00. The van der Waals surface area contributed by atoms with E-state index in [2.05, 4.69) is 40.9 Å². The molecule has 1 aliphatic rings. The van der Waals surface area contributed by atoms with Gasteiger partial charge < -0.3 is 10.1 Å². The number of aryl methyl sites for hydroxylation is 1. The zero-order valence-electron chi connectivity index (χ0n) is 12.0. The fourth-order valence-electron chi connectivity index (χ4n) is 2.93. The van der Waals surface area contributed by atoms with Gasteiger partial charge in [-0.15, -0.1) is 0 Å². The molecule has 0 bridgehead atoms.